The van der Waals surface area contributed by atoms with Crippen molar-refractivity contribution in [2.24, 2.45) is 0 Å². The Morgan fingerprint density at radius 3 is 2.86 bits per heavy atom. The van der Waals surface area contributed by atoms with Crippen LogP contribution in [0.2, 0.25) is 5.02 Å². The summed E-state index contributed by atoms with van der Waals surface area (Å²) in [6.07, 6.45) is 1.43. The lowest BCUT2D eigenvalue weighted by atomic mass is 10.2. The first-order chi connectivity index (χ1) is 9.95. The predicted octanol–water partition coefficient (Wildman–Crippen LogP) is 2.55. The molecule has 0 saturated carbocycles. The fraction of sp³-hybridized carbons (Fsp3) is 0.286. The molecule has 0 saturated heterocycles. The highest BCUT2D eigenvalue weighted by Crippen LogP contribution is 2.22. The van der Waals surface area contributed by atoms with Crippen LogP contribution in [0.5, 0.6) is 0 Å². The van der Waals surface area contributed by atoms with Gasteiger partial charge in [0.2, 0.25) is 0 Å². The van der Waals surface area contributed by atoms with E-state index >= 15 is 0 Å². The van der Waals surface area contributed by atoms with Crippen molar-refractivity contribution >= 4 is 23.2 Å². The molecule has 1 aromatic carbocycles. The predicted molar refractivity (Wildman–Crippen MR) is 79.5 cm³/mol. The highest BCUT2D eigenvalue weighted by Gasteiger charge is 2.21. The third kappa shape index (κ3) is 3.00. The minimum Gasteiger partial charge on any atom is -0.396 e. The van der Waals surface area contributed by atoms with Crippen LogP contribution in [0.25, 0.3) is 0 Å². The molecule has 0 radical (unpaired) electrons. The zero-order valence-electron chi connectivity index (χ0n) is 11.8. The third-order valence-corrected chi connectivity index (χ3v) is 3.53. The Morgan fingerprint density at radius 1 is 1.52 bits per heavy atom. The molecule has 21 heavy (non-hydrogen) atoms. The highest BCUT2D eigenvalue weighted by molar-refractivity contribution is 6.31. The monoisotopic (exact) mass is 310 g/mol. The lowest BCUT2D eigenvalue weighted by Crippen LogP contribution is -2.29. The summed E-state index contributed by atoms with van der Waals surface area (Å²) in [7, 11) is 1.57. The number of hydrogen-bond donors (Lipinski definition) is 1. The van der Waals surface area contributed by atoms with E-state index in [1.807, 2.05) is 6.92 Å². The number of carbonyl (C=O) groups is 1. The molecular formula is C14H16ClFN4O. The van der Waals surface area contributed by atoms with Crippen LogP contribution < -0.4 is 5.73 Å². The van der Waals surface area contributed by atoms with Crippen molar-refractivity contribution < 1.29 is 9.18 Å². The second-order valence-electron chi connectivity index (χ2n) is 4.63. The number of rotatable bonds is 4. The van der Waals surface area contributed by atoms with E-state index in [1.165, 1.54) is 27.9 Å². The summed E-state index contributed by atoms with van der Waals surface area (Å²) in [6, 6.07) is 4.42. The molecule has 1 aromatic heterocycles. The topological polar surface area (TPSA) is 64.2 Å². The molecule has 0 aliphatic heterocycles. The van der Waals surface area contributed by atoms with Gasteiger partial charge < -0.3 is 10.6 Å². The molecule has 0 aliphatic carbocycles. The standard InChI is InChI=1S/C14H16ClFN4O/c1-3-20-13(12(17)7-18-20)14(21)19(2)8-9-10(15)5-4-6-11(9)16/h4-7H,3,8,17H2,1-2H3. The first kappa shape index (κ1) is 15.3. The average Bonchev–Trinajstić information content (AvgIpc) is 2.83. The normalized spacial score (nSPS) is 10.7. The second-order valence-corrected chi connectivity index (χ2v) is 5.03. The van der Waals surface area contributed by atoms with Crippen LogP contribution in [0, 0.1) is 5.82 Å². The van der Waals surface area contributed by atoms with E-state index in [-0.39, 0.29) is 23.0 Å². The van der Waals surface area contributed by atoms with Crippen LogP contribution in [0.4, 0.5) is 10.1 Å². The summed E-state index contributed by atoms with van der Waals surface area (Å²) in [4.78, 5) is 13.8. The van der Waals surface area contributed by atoms with Crippen molar-refractivity contribution in [2.45, 2.75) is 20.0 Å². The average molecular weight is 311 g/mol. The van der Waals surface area contributed by atoms with Crippen LogP contribution in [-0.2, 0) is 13.1 Å². The fourth-order valence-corrected chi connectivity index (χ4v) is 2.27. The Bertz CT molecular complexity index is 651. The highest BCUT2D eigenvalue weighted by atomic mass is 35.5. The Labute approximate surface area is 127 Å². The first-order valence-corrected chi connectivity index (χ1v) is 6.83. The smallest absolute Gasteiger partial charge is 0.274 e. The summed E-state index contributed by atoms with van der Waals surface area (Å²) >= 11 is 5.97. The molecule has 0 atom stereocenters. The molecule has 5 nitrogen and oxygen atoms in total. The summed E-state index contributed by atoms with van der Waals surface area (Å²) < 4.78 is 15.3. The number of anilines is 1. The summed E-state index contributed by atoms with van der Waals surface area (Å²) in [6.45, 7) is 2.43. The van der Waals surface area contributed by atoms with Crippen molar-refractivity contribution in [1.82, 2.24) is 14.7 Å². The van der Waals surface area contributed by atoms with E-state index in [9.17, 15) is 9.18 Å². The Balaban J connectivity index is 2.26. The van der Waals surface area contributed by atoms with E-state index < -0.39 is 5.82 Å². The molecule has 112 valence electrons. The minimum absolute atomic E-state index is 0.0542. The maximum atomic E-state index is 13.8. The van der Waals surface area contributed by atoms with Gasteiger partial charge in [0.1, 0.15) is 11.5 Å². The number of nitrogen functional groups attached to an aromatic ring is 1. The number of amides is 1. The SMILES string of the molecule is CCn1ncc(N)c1C(=O)N(C)Cc1c(F)cccc1Cl. The molecule has 0 aliphatic rings. The molecule has 0 fully saturated rings. The van der Waals surface area contributed by atoms with E-state index in [1.54, 1.807) is 13.1 Å². The van der Waals surface area contributed by atoms with Crippen LogP contribution in [0.3, 0.4) is 0 Å². The maximum Gasteiger partial charge on any atom is 0.274 e. The Hall–Kier alpha value is -2.08. The number of nitrogens with zero attached hydrogens (tertiary/aromatic N) is 3. The third-order valence-electron chi connectivity index (χ3n) is 3.17. The van der Waals surface area contributed by atoms with Gasteiger partial charge in [0.15, 0.2) is 0 Å². The van der Waals surface area contributed by atoms with Gasteiger partial charge in [0.25, 0.3) is 5.91 Å². The largest absolute Gasteiger partial charge is 0.396 e. The molecule has 0 bridgehead atoms. The molecule has 1 amide bonds. The molecule has 1 heterocycles. The zero-order valence-corrected chi connectivity index (χ0v) is 12.6. The van der Waals surface area contributed by atoms with Crippen molar-refractivity contribution in [3.05, 3.63) is 46.5 Å². The summed E-state index contributed by atoms with van der Waals surface area (Å²) in [5.74, 6) is -0.773. The van der Waals surface area contributed by atoms with Gasteiger partial charge in [-0.15, -0.1) is 0 Å². The van der Waals surface area contributed by atoms with Gasteiger partial charge in [-0.25, -0.2) is 4.39 Å². The molecule has 7 heteroatoms. The van der Waals surface area contributed by atoms with Gasteiger partial charge >= 0.3 is 0 Å². The zero-order chi connectivity index (χ0) is 15.6. The number of carbonyl (C=O) groups excluding carboxylic acids is 1. The first-order valence-electron chi connectivity index (χ1n) is 6.45. The van der Waals surface area contributed by atoms with Crippen molar-refractivity contribution in [3.63, 3.8) is 0 Å². The lowest BCUT2D eigenvalue weighted by Gasteiger charge is -2.19. The number of halogens is 2. The van der Waals surface area contributed by atoms with Gasteiger partial charge in [-0.2, -0.15) is 5.10 Å². The van der Waals surface area contributed by atoms with Crippen molar-refractivity contribution in [1.29, 1.82) is 0 Å². The molecule has 0 unspecified atom stereocenters. The summed E-state index contributed by atoms with van der Waals surface area (Å²) in [5.41, 5.74) is 6.65. The van der Waals surface area contributed by atoms with Gasteiger partial charge in [0, 0.05) is 24.2 Å². The number of aryl methyl sites for hydroxylation is 1. The van der Waals surface area contributed by atoms with Crippen molar-refractivity contribution in [3.8, 4) is 0 Å². The van der Waals surface area contributed by atoms with Gasteiger partial charge in [0.05, 0.1) is 18.4 Å². The number of benzene rings is 1. The van der Waals surface area contributed by atoms with Gasteiger partial charge in [-0.3, -0.25) is 9.48 Å². The Kier molecular flexibility index (Phi) is 4.47. The van der Waals surface area contributed by atoms with E-state index in [0.29, 0.717) is 17.9 Å². The number of nitrogens with two attached hydrogens (primary N) is 1. The van der Waals surface area contributed by atoms with Crippen molar-refractivity contribution in [2.75, 3.05) is 12.8 Å². The number of hydrogen-bond acceptors (Lipinski definition) is 3. The second kappa shape index (κ2) is 6.13. The minimum atomic E-state index is -0.445. The van der Waals surface area contributed by atoms with Gasteiger partial charge in [-0.1, -0.05) is 17.7 Å². The van der Waals surface area contributed by atoms with Crippen LogP contribution in [0.1, 0.15) is 23.0 Å². The van der Waals surface area contributed by atoms with Gasteiger partial charge in [-0.05, 0) is 19.1 Å². The molecule has 2 aromatic rings. The molecule has 2 N–H and O–H groups in total. The van der Waals surface area contributed by atoms with E-state index in [4.69, 9.17) is 17.3 Å². The maximum absolute atomic E-state index is 13.8. The van der Waals surface area contributed by atoms with Crippen LogP contribution in [-0.4, -0.2) is 27.6 Å². The fourth-order valence-electron chi connectivity index (χ4n) is 2.05. The van der Waals surface area contributed by atoms with E-state index in [0.717, 1.165) is 0 Å². The lowest BCUT2D eigenvalue weighted by molar-refractivity contribution is 0.0772. The molecule has 2 rings (SSSR count). The van der Waals surface area contributed by atoms with Crippen LogP contribution in [0.15, 0.2) is 24.4 Å². The quantitative estimate of drug-likeness (QED) is 0.944. The Morgan fingerprint density at radius 2 is 2.24 bits per heavy atom. The molecular weight excluding hydrogens is 295 g/mol. The molecule has 0 spiro atoms. The summed E-state index contributed by atoms with van der Waals surface area (Å²) in [5, 5.41) is 4.31. The van der Waals surface area contributed by atoms with E-state index in [2.05, 4.69) is 5.10 Å². The van der Waals surface area contributed by atoms with Crippen LogP contribution >= 0.6 is 11.6 Å². The number of aromatic nitrogens is 2.